The highest BCUT2D eigenvalue weighted by Crippen LogP contribution is 2.29. The maximum absolute atomic E-state index is 12.4. The molecule has 0 heterocycles. The maximum atomic E-state index is 12.4. The summed E-state index contributed by atoms with van der Waals surface area (Å²) in [4.78, 5) is 12.4. The van der Waals surface area contributed by atoms with Gasteiger partial charge >= 0.3 is 0 Å². The lowest BCUT2D eigenvalue weighted by Crippen LogP contribution is -2.01. The van der Waals surface area contributed by atoms with Gasteiger partial charge in [-0.15, -0.1) is 0 Å². The van der Waals surface area contributed by atoms with Gasteiger partial charge in [-0.1, -0.05) is 18.2 Å². The van der Waals surface area contributed by atoms with Crippen LogP contribution in [-0.4, -0.2) is 27.1 Å². The van der Waals surface area contributed by atoms with Gasteiger partial charge in [0, 0.05) is 18.3 Å². The molecule has 0 fully saturated rings. The quantitative estimate of drug-likeness (QED) is 0.653. The van der Waals surface area contributed by atoms with Crippen molar-refractivity contribution < 1.29 is 14.3 Å². The van der Waals surface area contributed by atoms with Crippen LogP contribution in [0.2, 0.25) is 0 Å². The third-order valence-corrected chi connectivity index (χ3v) is 3.33. The largest absolute Gasteiger partial charge is 0.496 e. The standard InChI is InChI=1S/C18H19NO3/c1-19-15-8-5-4-7-13(15)16(20)12-11-14-17(21-2)9-6-10-18(14)22-3/h4-12,19H,1-3H3/b12-11+. The number of anilines is 1. The molecule has 22 heavy (non-hydrogen) atoms. The fourth-order valence-corrected chi connectivity index (χ4v) is 2.21. The van der Waals surface area contributed by atoms with Crippen LogP contribution in [0.5, 0.6) is 11.5 Å². The maximum Gasteiger partial charge on any atom is 0.187 e. The zero-order valence-corrected chi connectivity index (χ0v) is 12.9. The molecule has 0 aliphatic rings. The molecule has 2 aromatic carbocycles. The molecule has 0 spiro atoms. The number of hydrogen-bond acceptors (Lipinski definition) is 4. The molecule has 0 saturated heterocycles. The van der Waals surface area contributed by atoms with E-state index in [1.54, 1.807) is 33.4 Å². The van der Waals surface area contributed by atoms with Crippen LogP contribution < -0.4 is 14.8 Å². The fraction of sp³-hybridized carbons (Fsp3) is 0.167. The van der Waals surface area contributed by atoms with Gasteiger partial charge < -0.3 is 14.8 Å². The Kier molecular flexibility index (Phi) is 5.20. The SMILES string of the molecule is CNc1ccccc1C(=O)/C=C/c1c(OC)cccc1OC. The number of rotatable bonds is 6. The first kappa shape index (κ1) is 15.6. The zero-order valence-electron chi connectivity index (χ0n) is 12.9. The molecule has 4 heteroatoms. The van der Waals surface area contributed by atoms with Crippen molar-refractivity contribution in [3.05, 3.63) is 59.7 Å². The number of carbonyl (C=O) groups excluding carboxylic acids is 1. The topological polar surface area (TPSA) is 47.6 Å². The number of para-hydroxylation sites is 1. The molecule has 0 atom stereocenters. The summed E-state index contributed by atoms with van der Waals surface area (Å²) >= 11 is 0. The second-order valence-corrected chi connectivity index (χ2v) is 4.57. The van der Waals surface area contributed by atoms with Crippen LogP contribution in [0, 0.1) is 0 Å². The molecule has 0 aromatic heterocycles. The van der Waals surface area contributed by atoms with Crippen molar-refractivity contribution in [3.63, 3.8) is 0 Å². The van der Waals surface area contributed by atoms with E-state index in [1.165, 1.54) is 6.08 Å². The van der Waals surface area contributed by atoms with E-state index < -0.39 is 0 Å². The summed E-state index contributed by atoms with van der Waals surface area (Å²) in [6, 6.07) is 12.9. The predicted molar refractivity (Wildman–Crippen MR) is 88.9 cm³/mol. The predicted octanol–water partition coefficient (Wildman–Crippen LogP) is 3.64. The summed E-state index contributed by atoms with van der Waals surface area (Å²) in [5.41, 5.74) is 2.15. The fourth-order valence-electron chi connectivity index (χ4n) is 2.21. The number of nitrogens with one attached hydrogen (secondary N) is 1. The third-order valence-electron chi connectivity index (χ3n) is 3.33. The Hall–Kier alpha value is -2.75. The van der Waals surface area contributed by atoms with E-state index in [-0.39, 0.29) is 5.78 Å². The minimum atomic E-state index is -0.0853. The van der Waals surface area contributed by atoms with Crippen molar-refractivity contribution >= 4 is 17.5 Å². The minimum absolute atomic E-state index is 0.0853. The molecular weight excluding hydrogens is 278 g/mol. The molecule has 0 saturated carbocycles. The first-order valence-electron chi connectivity index (χ1n) is 6.91. The summed E-state index contributed by atoms with van der Waals surface area (Å²) in [7, 11) is 4.97. The zero-order chi connectivity index (χ0) is 15.9. The number of hydrogen-bond donors (Lipinski definition) is 1. The number of allylic oxidation sites excluding steroid dienone is 1. The highest BCUT2D eigenvalue weighted by atomic mass is 16.5. The van der Waals surface area contributed by atoms with E-state index in [0.29, 0.717) is 17.1 Å². The molecule has 0 amide bonds. The second-order valence-electron chi connectivity index (χ2n) is 4.57. The second kappa shape index (κ2) is 7.31. The molecule has 2 aromatic rings. The first-order chi connectivity index (χ1) is 10.7. The number of ether oxygens (including phenoxy) is 2. The van der Waals surface area contributed by atoms with Crippen LogP contribution >= 0.6 is 0 Å². The molecule has 0 unspecified atom stereocenters. The van der Waals surface area contributed by atoms with Gasteiger partial charge in [0.2, 0.25) is 0 Å². The van der Waals surface area contributed by atoms with Gasteiger partial charge in [-0.3, -0.25) is 4.79 Å². The number of ketones is 1. The molecule has 114 valence electrons. The number of carbonyl (C=O) groups is 1. The molecule has 0 aliphatic heterocycles. The Morgan fingerprint density at radius 1 is 1.00 bits per heavy atom. The monoisotopic (exact) mass is 297 g/mol. The Balaban J connectivity index is 2.34. The van der Waals surface area contributed by atoms with Crippen LogP contribution in [-0.2, 0) is 0 Å². The van der Waals surface area contributed by atoms with E-state index in [1.807, 2.05) is 36.4 Å². The van der Waals surface area contributed by atoms with Gasteiger partial charge in [0.25, 0.3) is 0 Å². The number of benzene rings is 2. The van der Waals surface area contributed by atoms with E-state index >= 15 is 0 Å². The highest BCUT2D eigenvalue weighted by molar-refractivity contribution is 6.10. The Morgan fingerprint density at radius 2 is 1.64 bits per heavy atom. The van der Waals surface area contributed by atoms with Gasteiger partial charge in [0.05, 0.1) is 19.8 Å². The third kappa shape index (κ3) is 3.28. The van der Waals surface area contributed by atoms with Gasteiger partial charge in [-0.2, -0.15) is 0 Å². The van der Waals surface area contributed by atoms with Crippen LogP contribution in [0.15, 0.2) is 48.5 Å². The van der Waals surface area contributed by atoms with Gasteiger partial charge in [0.15, 0.2) is 5.78 Å². The van der Waals surface area contributed by atoms with Crippen LogP contribution in [0.4, 0.5) is 5.69 Å². The minimum Gasteiger partial charge on any atom is -0.496 e. The molecular formula is C18H19NO3. The lowest BCUT2D eigenvalue weighted by atomic mass is 10.1. The smallest absolute Gasteiger partial charge is 0.187 e. The van der Waals surface area contributed by atoms with Crippen molar-refractivity contribution in [3.8, 4) is 11.5 Å². The summed E-state index contributed by atoms with van der Waals surface area (Å²) in [5.74, 6) is 1.23. The Bertz CT molecular complexity index is 670. The van der Waals surface area contributed by atoms with Crippen molar-refractivity contribution in [2.24, 2.45) is 0 Å². The van der Waals surface area contributed by atoms with Crippen LogP contribution in [0.25, 0.3) is 6.08 Å². The lowest BCUT2D eigenvalue weighted by molar-refractivity contribution is 0.104. The average molecular weight is 297 g/mol. The number of methoxy groups -OCH3 is 2. The van der Waals surface area contributed by atoms with Crippen molar-refractivity contribution in [1.82, 2.24) is 0 Å². The summed E-state index contributed by atoms with van der Waals surface area (Å²) in [5, 5.41) is 3.02. The summed E-state index contributed by atoms with van der Waals surface area (Å²) < 4.78 is 10.6. The summed E-state index contributed by atoms with van der Waals surface area (Å²) in [6.07, 6.45) is 3.24. The molecule has 0 radical (unpaired) electrons. The van der Waals surface area contributed by atoms with E-state index in [4.69, 9.17) is 9.47 Å². The van der Waals surface area contributed by atoms with Crippen LogP contribution in [0.3, 0.4) is 0 Å². The van der Waals surface area contributed by atoms with E-state index in [2.05, 4.69) is 5.32 Å². The highest BCUT2D eigenvalue weighted by Gasteiger charge is 2.09. The first-order valence-corrected chi connectivity index (χ1v) is 6.91. The normalized spacial score (nSPS) is 10.5. The van der Waals surface area contributed by atoms with Gasteiger partial charge in [-0.05, 0) is 36.4 Å². The Labute approximate surface area is 130 Å². The molecule has 2 rings (SSSR count). The average Bonchev–Trinajstić information content (AvgIpc) is 2.59. The van der Waals surface area contributed by atoms with Crippen molar-refractivity contribution in [2.75, 3.05) is 26.6 Å². The summed E-state index contributed by atoms with van der Waals surface area (Å²) in [6.45, 7) is 0. The lowest BCUT2D eigenvalue weighted by Gasteiger charge is -2.09. The van der Waals surface area contributed by atoms with Crippen molar-refractivity contribution in [1.29, 1.82) is 0 Å². The van der Waals surface area contributed by atoms with Gasteiger partial charge in [0.1, 0.15) is 11.5 Å². The molecule has 0 aliphatic carbocycles. The van der Waals surface area contributed by atoms with Crippen LogP contribution in [0.1, 0.15) is 15.9 Å². The molecule has 4 nitrogen and oxygen atoms in total. The Morgan fingerprint density at radius 3 is 2.23 bits per heavy atom. The van der Waals surface area contributed by atoms with Crippen molar-refractivity contribution in [2.45, 2.75) is 0 Å². The van der Waals surface area contributed by atoms with E-state index in [9.17, 15) is 4.79 Å². The van der Waals surface area contributed by atoms with E-state index in [0.717, 1.165) is 11.3 Å². The molecule has 1 N–H and O–H groups in total. The van der Waals surface area contributed by atoms with Gasteiger partial charge in [-0.25, -0.2) is 0 Å². The molecule has 0 bridgehead atoms.